The van der Waals surface area contributed by atoms with Crippen LogP contribution in [0.25, 0.3) is 0 Å². The summed E-state index contributed by atoms with van der Waals surface area (Å²) < 4.78 is 0. The quantitative estimate of drug-likeness (QED) is 0.756. The van der Waals surface area contributed by atoms with Gasteiger partial charge in [-0.2, -0.15) is 0 Å². The van der Waals surface area contributed by atoms with Gasteiger partial charge in [-0.05, 0) is 45.3 Å². The number of nitrogens with one attached hydrogen (secondary N) is 1. The second-order valence-electron chi connectivity index (χ2n) is 5.73. The van der Waals surface area contributed by atoms with Crippen molar-refractivity contribution >= 4 is 0 Å². The van der Waals surface area contributed by atoms with Crippen LogP contribution in [0.3, 0.4) is 0 Å². The average Bonchev–Trinajstić information content (AvgIpc) is 2.66. The van der Waals surface area contributed by atoms with Crippen LogP contribution in [0.4, 0.5) is 0 Å². The average molecular weight is 226 g/mol. The molecule has 1 saturated heterocycles. The molecule has 3 heteroatoms. The Balaban J connectivity index is 1.77. The van der Waals surface area contributed by atoms with E-state index in [1.165, 1.54) is 38.8 Å². The topological polar surface area (TPSA) is 35.5 Å². The van der Waals surface area contributed by atoms with Gasteiger partial charge in [0.1, 0.15) is 0 Å². The summed E-state index contributed by atoms with van der Waals surface area (Å²) >= 11 is 0. The molecule has 0 bridgehead atoms. The van der Waals surface area contributed by atoms with Crippen LogP contribution in [0, 0.1) is 5.92 Å². The van der Waals surface area contributed by atoms with Crippen LogP contribution in [0.1, 0.15) is 38.5 Å². The van der Waals surface area contributed by atoms with E-state index in [9.17, 15) is 5.11 Å². The van der Waals surface area contributed by atoms with E-state index in [1.54, 1.807) is 0 Å². The van der Waals surface area contributed by atoms with Crippen LogP contribution in [0.15, 0.2) is 0 Å². The maximum Gasteiger partial charge on any atom is 0.0774 e. The monoisotopic (exact) mass is 226 g/mol. The lowest BCUT2D eigenvalue weighted by molar-refractivity contribution is -0.0220. The number of hydrogen-bond donors (Lipinski definition) is 2. The van der Waals surface area contributed by atoms with Gasteiger partial charge >= 0.3 is 0 Å². The summed E-state index contributed by atoms with van der Waals surface area (Å²) in [6.45, 7) is 4.37. The van der Waals surface area contributed by atoms with E-state index >= 15 is 0 Å². The highest BCUT2D eigenvalue weighted by molar-refractivity contribution is 4.88. The standard InChI is InChI=1S/C13H26N2O/c1-14-9-12-5-8-15(10-12)11-13(16)6-3-2-4-7-13/h12,14,16H,2-11H2,1H3. The van der Waals surface area contributed by atoms with Crippen molar-refractivity contribution in [2.24, 2.45) is 5.92 Å². The summed E-state index contributed by atoms with van der Waals surface area (Å²) in [4.78, 5) is 2.47. The first-order valence-electron chi connectivity index (χ1n) is 6.81. The van der Waals surface area contributed by atoms with E-state index < -0.39 is 0 Å². The molecule has 0 radical (unpaired) electrons. The van der Waals surface area contributed by atoms with Gasteiger partial charge in [0, 0.05) is 13.1 Å². The number of nitrogens with zero attached hydrogens (tertiary/aromatic N) is 1. The maximum atomic E-state index is 10.5. The van der Waals surface area contributed by atoms with Gasteiger partial charge in [-0.25, -0.2) is 0 Å². The normalized spacial score (nSPS) is 30.8. The summed E-state index contributed by atoms with van der Waals surface area (Å²) in [7, 11) is 2.03. The molecule has 2 N–H and O–H groups in total. The molecule has 1 aliphatic heterocycles. The third-order valence-corrected chi connectivity index (χ3v) is 4.16. The van der Waals surface area contributed by atoms with Gasteiger partial charge in [0.2, 0.25) is 0 Å². The van der Waals surface area contributed by atoms with E-state index in [0.717, 1.165) is 31.8 Å². The molecule has 2 aliphatic rings. The summed E-state index contributed by atoms with van der Waals surface area (Å²) in [6, 6.07) is 0. The lowest BCUT2D eigenvalue weighted by atomic mass is 9.84. The van der Waals surface area contributed by atoms with Crippen LogP contribution in [-0.2, 0) is 0 Å². The van der Waals surface area contributed by atoms with Crippen molar-refractivity contribution in [3.05, 3.63) is 0 Å². The summed E-state index contributed by atoms with van der Waals surface area (Å²) in [5, 5.41) is 13.7. The van der Waals surface area contributed by atoms with E-state index in [1.807, 2.05) is 7.05 Å². The fraction of sp³-hybridized carbons (Fsp3) is 1.00. The lowest BCUT2D eigenvalue weighted by Gasteiger charge is -2.35. The van der Waals surface area contributed by atoms with Crippen LogP contribution in [0.2, 0.25) is 0 Å². The van der Waals surface area contributed by atoms with Crippen molar-refractivity contribution in [3.8, 4) is 0 Å². The lowest BCUT2D eigenvalue weighted by Crippen LogP contribution is -2.43. The molecule has 1 unspecified atom stereocenters. The number of rotatable bonds is 4. The predicted octanol–water partition coefficient (Wildman–Crippen LogP) is 1.22. The predicted molar refractivity (Wildman–Crippen MR) is 66.5 cm³/mol. The second kappa shape index (κ2) is 5.48. The van der Waals surface area contributed by atoms with Gasteiger partial charge < -0.3 is 15.3 Å². The Morgan fingerprint density at radius 3 is 2.75 bits per heavy atom. The summed E-state index contributed by atoms with van der Waals surface area (Å²) in [5.74, 6) is 0.789. The Bertz CT molecular complexity index is 214. The molecule has 0 aromatic rings. The van der Waals surface area contributed by atoms with Gasteiger partial charge in [0.05, 0.1) is 5.60 Å². The Labute approximate surface area is 99.2 Å². The van der Waals surface area contributed by atoms with Crippen molar-refractivity contribution in [3.63, 3.8) is 0 Å². The van der Waals surface area contributed by atoms with Crippen molar-refractivity contribution in [1.29, 1.82) is 0 Å². The summed E-state index contributed by atoms with van der Waals surface area (Å²) in [6.07, 6.45) is 7.05. The molecule has 0 amide bonds. The molecule has 1 heterocycles. The van der Waals surface area contributed by atoms with E-state index in [-0.39, 0.29) is 5.60 Å². The van der Waals surface area contributed by atoms with Crippen LogP contribution in [-0.4, -0.2) is 48.8 Å². The fourth-order valence-corrected chi connectivity index (χ4v) is 3.30. The first-order chi connectivity index (χ1) is 7.72. The highest BCUT2D eigenvalue weighted by Gasteiger charge is 2.33. The molecule has 0 aromatic carbocycles. The number of hydrogen-bond acceptors (Lipinski definition) is 3. The smallest absolute Gasteiger partial charge is 0.0774 e. The first kappa shape index (κ1) is 12.3. The molecule has 1 atom stereocenters. The maximum absolute atomic E-state index is 10.5. The number of β-amino-alcohol motifs (C(OH)–C–C–N with tert-alkyl or cyclic N) is 1. The number of aliphatic hydroxyl groups is 1. The second-order valence-corrected chi connectivity index (χ2v) is 5.73. The highest BCUT2D eigenvalue weighted by atomic mass is 16.3. The molecular weight excluding hydrogens is 200 g/mol. The van der Waals surface area contributed by atoms with Gasteiger partial charge in [-0.15, -0.1) is 0 Å². The Morgan fingerprint density at radius 2 is 2.06 bits per heavy atom. The highest BCUT2D eigenvalue weighted by Crippen LogP contribution is 2.30. The zero-order chi connectivity index (χ0) is 11.4. The molecular formula is C13H26N2O. The SMILES string of the molecule is CNCC1CCN(CC2(O)CCCCC2)C1. The van der Waals surface area contributed by atoms with Crippen molar-refractivity contribution in [2.75, 3.05) is 33.2 Å². The Hall–Kier alpha value is -0.120. The minimum absolute atomic E-state index is 0.368. The van der Waals surface area contributed by atoms with E-state index in [2.05, 4.69) is 10.2 Å². The Kier molecular flexibility index (Phi) is 4.22. The minimum Gasteiger partial charge on any atom is -0.389 e. The van der Waals surface area contributed by atoms with Gasteiger partial charge in [0.25, 0.3) is 0 Å². The van der Waals surface area contributed by atoms with Crippen molar-refractivity contribution in [2.45, 2.75) is 44.1 Å². The first-order valence-corrected chi connectivity index (χ1v) is 6.81. The summed E-state index contributed by atoms with van der Waals surface area (Å²) in [5.41, 5.74) is -0.368. The zero-order valence-corrected chi connectivity index (χ0v) is 10.5. The molecule has 0 aromatic heterocycles. The Morgan fingerprint density at radius 1 is 1.31 bits per heavy atom. The molecule has 94 valence electrons. The van der Waals surface area contributed by atoms with Crippen LogP contribution >= 0.6 is 0 Å². The third-order valence-electron chi connectivity index (χ3n) is 4.16. The van der Waals surface area contributed by atoms with Gasteiger partial charge in [-0.1, -0.05) is 19.3 Å². The van der Waals surface area contributed by atoms with Gasteiger partial charge in [-0.3, -0.25) is 0 Å². The molecule has 16 heavy (non-hydrogen) atoms. The molecule has 1 saturated carbocycles. The van der Waals surface area contributed by atoms with E-state index in [0.29, 0.717) is 0 Å². The molecule has 2 fully saturated rings. The number of likely N-dealkylation sites (tertiary alicyclic amines) is 1. The molecule has 0 spiro atoms. The third kappa shape index (κ3) is 3.19. The van der Waals surface area contributed by atoms with Crippen molar-refractivity contribution < 1.29 is 5.11 Å². The minimum atomic E-state index is -0.368. The van der Waals surface area contributed by atoms with E-state index in [4.69, 9.17) is 0 Å². The molecule has 3 nitrogen and oxygen atoms in total. The van der Waals surface area contributed by atoms with Crippen LogP contribution < -0.4 is 5.32 Å². The van der Waals surface area contributed by atoms with Crippen molar-refractivity contribution in [1.82, 2.24) is 10.2 Å². The largest absolute Gasteiger partial charge is 0.389 e. The van der Waals surface area contributed by atoms with Crippen LogP contribution in [0.5, 0.6) is 0 Å². The fourth-order valence-electron chi connectivity index (χ4n) is 3.30. The molecule has 2 rings (SSSR count). The zero-order valence-electron chi connectivity index (χ0n) is 10.5. The molecule has 1 aliphatic carbocycles. The van der Waals surface area contributed by atoms with Gasteiger partial charge in [0.15, 0.2) is 0 Å².